The lowest BCUT2D eigenvalue weighted by Gasteiger charge is -2.23. The maximum absolute atomic E-state index is 12.3. The van der Waals surface area contributed by atoms with Crippen LogP contribution in [0.3, 0.4) is 0 Å². The number of rotatable bonds is 3. The molecule has 3 N–H and O–H groups in total. The number of hydrogen-bond donors (Lipinski definition) is 2. The third kappa shape index (κ3) is 2.53. The van der Waals surface area contributed by atoms with E-state index in [9.17, 15) is 4.79 Å². The minimum atomic E-state index is -0.247. The lowest BCUT2D eigenvalue weighted by molar-refractivity contribution is -0.124. The molecule has 0 aromatic heterocycles. The Morgan fingerprint density at radius 2 is 1.94 bits per heavy atom. The van der Waals surface area contributed by atoms with Crippen molar-refractivity contribution in [2.75, 3.05) is 5.32 Å². The zero-order chi connectivity index (χ0) is 13.2. The van der Waals surface area contributed by atoms with Gasteiger partial charge in [0.15, 0.2) is 0 Å². The van der Waals surface area contributed by atoms with Crippen molar-refractivity contribution in [1.29, 1.82) is 0 Å². The summed E-state index contributed by atoms with van der Waals surface area (Å²) in [6, 6.07) is 7.40. The van der Waals surface area contributed by atoms with Gasteiger partial charge < -0.3 is 11.1 Å². The Morgan fingerprint density at radius 3 is 2.56 bits per heavy atom. The number of nitrogens with one attached hydrogen (secondary N) is 1. The number of para-hydroxylation sites is 1. The average molecular weight is 262 g/mol. The van der Waals surface area contributed by atoms with E-state index in [-0.39, 0.29) is 11.3 Å². The quantitative estimate of drug-likeness (QED) is 0.824. The van der Waals surface area contributed by atoms with Crippen molar-refractivity contribution in [2.24, 2.45) is 11.1 Å². The summed E-state index contributed by atoms with van der Waals surface area (Å²) in [5.74, 6) is 0.0729. The summed E-state index contributed by atoms with van der Waals surface area (Å²) >= 11 is 4.99. The number of amides is 1. The number of thiocarbonyl (C=S) groups is 1. The van der Waals surface area contributed by atoms with Crippen LogP contribution in [-0.4, -0.2) is 10.9 Å². The second kappa shape index (κ2) is 5.06. The Hall–Kier alpha value is -1.42. The van der Waals surface area contributed by atoms with Gasteiger partial charge in [0, 0.05) is 11.0 Å². The minimum absolute atomic E-state index is 0.0729. The normalized spacial score (nSPS) is 17.4. The molecule has 0 aliphatic heterocycles. The monoisotopic (exact) mass is 262 g/mol. The second-order valence-corrected chi connectivity index (χ2v) is 5.57. The van der Waals surface area contributed by atoms with Crippen molar-refractivity contribution in [1.82, 2.24) is 0 Å². The van der Waals surface area contributed by atoms with Gasteiger partial charge in [-0.05, 0) is 25.0 Å². The molecule has 0 bridgehead atoms. The number of carbonyl (C=O) groups is 1. The molecule has 4 heteroatoms. The summed E-state index contributed by atoms with van der Waals surface area (Å²) in [6.45, 7) is 2.03. The molecule has 1 aromatic carbocycles. The Morgan fingerprint density at radius 1 is 1.33 bits per heavy atom. The number of nitrogens with two attached hydrogens (primary N) is 1. The zero-order valence-corrected chi connectivity index (χ0v) is 11.3. The van der Waals surface area contributed by atoms with E-state index < -0.39 is 0 Å². The van der Waals surface area contributed by atoms with E-state index in [4.69, 9.17) is 18.0 Å². The Kier molecular flexibility index (Phi) is 3.66. The van der Waals surface area contributed by atoms with Gasteiger partial charge in [0.25, 0.3) is 0 Å². The van der Waals surface area contributed by atoms with Crippen molar-refractivity contribution in [3.8, 4) is 0 Å². The van der Waals surface area contributed by atoms with Crippen LogP contribution in [0, 0.1) is 5.41 Å². The molecule has 1 aliphatic rings. The van der Waals surface area contributed by atoms with E-state index in [1.165, 1.54) is 0 Å². The molecule has 1 aromatic rings. The summed E-state index contributed by atoms with van der Waals surface area (Å²) < 4.78 is 0. The highest BCUT2D eigenvalue weighted by atomic mass is 32.1. The SMILES string of the molecule is CC1(C(=O)Nc2ccccc2C(N)=S)CCCC1. The summed E-state index contributed by atoms with van der Waals surface area (Å²) in [5, 5.41) is 2.97. The van der Waals surface area contributed by atoms with Crippen molar-refractivity contribution < 1.29 is 4.79 Å². The van der Waals surface area contributed by atoms with Gasteiger partial charge in [-0.15, -0.1) is 0 Å². The molecule has 18 heavy (non-hydrogen) atoms. The molecule has 96 valence electrons. The highest BCUT2D eigenvalue weighted by molar-refractivity contribution is 7.80. The number of hydrogen-bond acceptors (Lipinski definition) is 2. The number of anilines is 1. The van der Waals surface area contributed by atoms with Crippen LogP contribution < -0.4 is 11.1 Å². The maximum Gasteiger partial charge on any atom is 0.230 e. The molecule has 1 amide bonds. The van der Waals surface area contributed by atoms with Crippen LogP contribution in [0.5, 0.6) is 0 Å². The van der Waals surface area contributed by atoms with Crippen LogP contribution in [0.4, 0.5) is 5.69 Å². The molecule has 1 fully saturated rings. The van der Waals surface area contributed by atoms with Crippen molar-refractivity contribution in [3.05, 3.63) is 29.8 Å². The van der Waals surface area contributed by atoms with Gasteiger partial charge in [-0.25, -0.2) is 0 Å². The lowest BCUT2D eigenvalue weighted by Crippen LogP contribution is -2.31. The Balaban J connectivity index is 2.19. The van der Waals surface area contributed by atoms with Gasteiger partial charge in [-0.1, -0.05) is 44.1 Å². The fraction of sp³-hybridized carbons (Fsp3) is 0.429. The predicted octanol–water partition coefficient (Wildman–Crippen LogP) is 2.84. The van der Waals surface area contributed by atoms with Gasteiger partial charge in [-0.2, -0.15) is 0 Å². The molecular formula is C14H18N2OS. The number of carbonyl (C=O) groups excluding carboxylic acids is 1. The van der Waals surface area contributed by atoms with Gasteiger partial charge in [0.05, 0.1) is 5.69 Å². The molecule has 1 aliphatic carbocycles. The van der Waals surface area contributed by atoms with Crippen LogP contribution in [0.1, 0.15) is 38.2 Å². The van der Waals surface area contributed by atoms with E-state index in [0.717, 1.165) is 31.2 Å². The first-order valence-corrected chi connectivity index (χ1v) is 6.64. The number of benzene rings is 1. The molecule has 0 atom stereocenters. The molecule has 3 nitrogen and oxygen atoms in total. The minimum Gasteiger partial charge on any atom is -0.389 e. The van der Waals surface area contributed by atoms with Crippen molar-refractivity contribution in [3.63, 3.8) is 0 Å². The summed E-state index contributed by atoms with van der Waals surface area (Å²) in [6.07, 6.45) is 4.16. The van der Waals surface area contributed by atoms with Gasteiger partial charge in [0.2, 0.25) is 5.91 Å². The van der Waals surface area contributed by atoms with E-state index >= 15 is 0 Å². The van der Waals surface area contributed by atoms with E-state index in [1.54, 1.807) is 0 Å². The van der Waals surface area contributed by atoms with Crippen molar-refractivity contribution >= 4 is 28.8 Å². The van der Waals surface area contributed by atoms with E-state index in [0.29, 0.717) is 10.7 Å². The lowest BCUT2D eigenvalue weighted by atomic mass is 9.87. The molecule has 0 unspecified atom stereocenters. The van der Waals surface area contributed by atoms with Crippen LogP contribution in [0.2, 0.25) is 0 Å². The van der Waals surface area contributed by atoms with Gasteiger partial charge >= 0.3 is 0 Å². The highest BCUT2D eigenvalue weighted by Gasteiger charge is 2.36. The highest BCUT2D eigenvalue weighted by Crippen LogP contribution is 2.38. The van der Waals surface area contributed by atoms with E-state index in [2.05, 4.69) is 5.32 Å². The van der Waals surface area contributed by atoms with Crippen LogP contribution in [0.25, 0.3) is 0 Å². The van der Waals surface area contributed by atoms with Crippen LogP contribution >= 0.6 is 12.2 Å². The largest absolute Gasteiger partial charge is 0.389 e. The van der Waals surface area contributed by atoms with Crippen LogP contribution in [0.15, 0.2) is 24.3 Å². The van der Waals surface area contributed by atoms with Gasteiger partial charge in [-0.3, -0.25) is 4.79 Å². The maximum atomic E-state index is 12.3. The summed E-state index contributed by atoms with van der Waals surface area (Å²) in [5.41, 5.74) is 6.85. The fourth-order valence-corrected chi connectivity index (χ4v) is 2.64. The van der Waals surface area contributed by atoms with Crippen molar-refractivity contribution in [2.45, 2.75) is 32.6 Å². The first kappa shape index (κ1) is 13.0. The summed E-state index contributed by atoms with van der Waals surface area (Å²) in [4.78, 5) is 12.6. The molecule has 0 saturated heterocycles. The molecular weight excluding hydrogens is 244 g/mol. The molecule has 0 radical (unpaired) electrons. The standard InChI is InChI=1S/C14H18N2OS/c1-14(8-4-5-9-14)13(17)16-11-7-3-2-6-10(11)12(15)18/h2-3,6-7H,4-5,8-9H2,1H3,(H2,15,18)(H,16,17). The fourth-order valence-electron chi connectivity index (χ4n) is 2.46. The van der Waals surface area contributed by atoms with E-state index in [1.807, 2.05) is 31.2 Å². The zero-order valence-electron chi connectivity index (χ0n) is 10.5. The predicted molar refractivity (Wildman–Crippen MR) is 77.5 cm³/mol. The Labute approximate surface area is 113 Å². The second-order valence-electron chi connectivity index (χ2n) is 5.13. The molecule has 1 saturated carbocycles. The molecule has 0 heterocycles. The third-order valence-electron chi connectivity index (χ3n) is 3.70. The third-order valence-corrected chi connectivity index (χ3v) is 3.92. The first-order chi connectivity index (χ1) is 8.53. The van der Waals surface area contributed by atoms with Gasteiger partial charge in [0.1, 0.15) is 4.99 Å². The molecule has 0 spiro atoms. The smallest absolute Gasteiger partial charge is 0.230 e. The van der Waals surface area contributed by atoms with Crippen LogP contribution in [-0.2, 0) is 4.79 Å². The first-order valence-electron chi connectivity index (χ1n) is 6.23. The molecule has 2 rings (SSSR count). The topological polar surface area (TPSA) is 55.1 Å². The summed E-state index contributed by atoms with van der Waals surface area (Å²) in [7, 11) is 0. The Bertz CT molecular complexity index is 478. The average Bonchev–Trinajstić information content (AvgIpc) is 2.78.